The molecule has 0 bridgehead atoms. The average Bonchev–Trinajstić information content (AvgIpc) is 2.75. The van der Waals surface area contributed by atoms with Gasteiger partial charge in [0.2, 0.25) is 5.89 Å². The summed E-state index contributed by atoms with van der Waals surface area (Å²) in [5, 5.41) is 6.91. The molecule has 0 aromatic carbocycles. The van der Waals surface area contributed by atoms with E-state index >= 15 is 0 Å². The Balaban J connectivity index is 1.96. The maximum absolute atomic E-state index is 11.0. The van der Waals surface area contributed by atoms with E-state index in [0.29, 0.717) is 11.8 Å². The van der Waals surface area contributed by atoms with E-state index in [2.05, 4.69) is 15.5 Å². The highest BCUT2D eigenvalue weighted by Crippen LogP contribution is 2.14. The first-order chi connectivity index (χ1) is 7.53. The van der Waals surface area contributed by atoms with Crippen LogP contribution >= 0.6 is 0 Å². The first-order valence-electron chi connectivity index (χ1n) is 5.23. The van der Waals surface area contributed by atoms with Gasteiger partial charge in [0.25, 0.3) is 0 Å². The van der Waals surface area contributed by atoms with E-state index in [1.807, 2.05) is 0 Å². The van der Waals surface area contributed by atoms with Gasteiger partial charge in [0.1, 0.15) is 5.75 Å². The molecular formula is C9H15N3O3S. The molecule has 2 heterocycles. The Morgan fingerprint density at radius 2 is 2.38 bits per heavy atom. The zero-order valence-electron chi connectivity index (χ0n) is 9.14. The quantitative estimate of drug-likeness (QED) is 0.788. The minimum absolute atomic E-state index is 0.153. The van der Waals surface area contributed by atoms with Gasteiger partial charge in [-0.3, -0.25) is 0 Å². The molecular weight excluding hydrogens is 230 g/mol. The van der Waals surface area contributed by atoms with E-state index in [0.717, 1.165) is 32.2 Å². The molecule has 1 N–H and O–H groups in total. The van der Waals surface area contributed by atoms with E-state index in [9.17, 15) is 8.42 Å². The lowest BCUT2D eigenvalue weighted by Crippen LogP contribution is -2.11. The number of nitrogens with zero attached hydrogens (tertiary/aromatic N) is 2. The van der Waals surface area contributed by atoms with E-state index in [1.54, 1.807) is 0 Å². The molecule has 1 atom stereocenters. The van der Waals surface area contributed by atoms with E-state index < -0.39 is 9.84 Å². The zero-order valence-corrected chi connectivity index (χ0v) is 9.96. The number of nitrogens with one attached hydrogen (secondary N) is 1. The Labute approximate surface area is 94.3 Å². The lowest BCUT2D eigenvalue weighted by atomic mass is 10.1. The molecule has 90 valence electrons. The molecule has 2 rings (SSSR count). The Bertz CT molecular complexity index is 448. The van der Waals surface area contributed by atoms with E-state index in [4.69, 9.17) is 4.52 Å². The minimum Gasteiger partial charge on any atom is -0.339 e. The van der Waals surface area contributed by atoms with E-state index in [1.165, 1.54) is 0 Å². The maximum Gasteiger partial charge on any atom is 0.227 e. The van der Waals surface area contributed by atoms with Crippen LogP contribution in [0.5, 0.6) is 0 Å². The van der Waals surface area contributed by atoms with Gasteiger partial charge in [-0.05, 0) is 25.4 Å². The van der Waals surface area contributed by atoms with Crippen molar-refractivity contribution >= 4 is 9.84 Å². The summed E-state index contributed by atoms with van der Waals surface area (Å²) in [4.78, 5) is 4.07. The van der Waals surface area contributed by atoms with Gasteiger partial charge in [-0.1, -0.05) is 5.16 Å². The fraction of sp³-hybridized carbons (Fsp3) is 0.778. The largest absolute Gasteiger partial charge is 0.339 e. The van der Waals surface area contributed by atoms with Crippen molar-refractivity contribution in [1.82, 2.24) is 15.5 Å². The van der Waals surface area contributed by atoms with Crippen molar-refractivity contribution < 1.29 is 12.9 Å². The average molecular weight is 245 g/mol. The van der Waals surface area contributed by atoms with Crippen LogP contribution in [0.15, 0.2) is 4.52 Å². The molecule has 16 heavy (non-hydrogen) atoms. The molecule has 1 unspecified atom stereocenters. The molecule has 1 aromatic rings. The van der Waals surface area contributed by atoms with Gasteiger partial charge in [0, 0.05) is 12.7 Å². The molecule has 6 nitrogen and oxygen atoms in total. The van der Waals surface area contributed by atoms with Crippen LogP contribution in [0, 0.1) is 5.92 Å². The van der Waals surface area contributed by atoms with Crippen molar-refractivity contribution in [2.75, 3.05) is 19.3 Å². The normalized spacial score (nSPS) is 21.4. The number of hydrogen-bond acceptors (Lipinski definition) is 6. The third-order valence-corrected chi connectivity index (χ3v) is 3.31. The van der Waals surface area contributed by atoms with E-state index in [-0.39, 0.29) is 11.6 Å². The summed E-state index contributed by atoms with van der Waals surface area (Å²) < 4.78 is 27.1. The molecule has 0 amide bonds. The first-order valence-corrected chi connectivity index (χ1v) is 7.29. The van der Waals surface area contributed by atoms with Crippen LogP contribution in [-0.4, -0.2) is 37.9 Å². The van der Waals surface area contributed by atoms with Crippen LogP contribution in [0.4, 0.5) is 0 Å². The Hall–Kier alpha value is -0.950. The number of aromatic nitrogens is 2. The van der Waals surface area contributed by atoms with Crippen molar-refractivity contribution in [3.05, 3.63) is 11.7 Å². The highest BCUT2D eigenvalue weighted by atomic mass is 32.2. The Morgan fingerprint density at radius 1 is 1.56 bits per heavy atom. The highest BCUT2D eigenvalue weighted by Gasteiger charge is 2.19. The standard InChI is InChI=1S/C9H15N3O3S/c1-16(13,14)6-8-11-9(15-12-8)4-7-2-3-10-5-7/h7,10H,2-6H2,1H3. The minimum atomic E-state index is -3.09. The van der Waals surface area contributed by atoms with Crippen LogP contribution in [0.25, 0.3) is 0 Å². The van der Waals surface area contributed by atoms with Crippen LogP contribution in [0.2, 0.25) is 0 Å². The lowest BCUT2D eigenvalue weighted by Gasteiger charge is -2.01. The number of sulfone groups is 1. The number of hydrogen-bond donors (Lipinski definition) is 1. The summed E-state index contributed by atoms with van der Waals surface area (Å²) in [6, 6.07) is 0. The topological polar surface area (TPSA) is 85.1 Å². The summed E-state index contributed by atoms with van der Waals surface area (Å²) >= 11 is 0. The monoisotopic (exact) mass is 245 g/mol. The van der Waals surface area contributed by atoms with Gasteiger partial charge in [-0.2, -0.15) is 4.98 Å². The molecule has 0 radical (unpaired) electrons. The van der Waals surface area contributed by atoms with Gasteiger partial charge in [0.05, 0.1) is 0 Å². The van der Waals surface area contributed by atoms with Gasteiger partial charge in [-0.15, -0.1) is 0 Å². The van der Waals surface area contributed by atoms with Gasteiger partial charge < -0.3 is 9.84 Å². The molecule has 1 saturated heterocycles. The first kappa shape index (κ1) is 11.5. The second-order valence-corrected chi connectivity index (χ2v) is 6.38. The summed E-state index contributed by atoms with van der Waals surface area (Å²) in [7, 11) is -3.09. The predicted octanol–water partition coefficient (Wildman–Crippen LogP) is -0.234. The number of rotatable bonds is 4. The van der Waals surface area contributed by atoms with Gasteiger partial charge in [0.15, 0.2) is 15.7 Å². The summed E-state index contributed by atoms with van der Waals surface area (Å²) in [5.41, 5.74) is 0. The smallest absolute Gasteiger partial charge is 0.227 e. The molecule has 0 aliphatic carbocycles. The predicted molar refractivity (Wildman–Crippen MR) is 57.5 cm³/mol. The van der Waals surface area contributed by atoms with Crippen LogP contribution < -0.4 is 5.32 Å². The van der Waals surface area contributed by atoms with Crippen LogP contribution in [-0.2, 0) is 22.0 Å². The Morgan fingerprint density at radius 3 is 3.00 bits per heavy atom. The fourth-order valence-corrected chi connectivity index (χ4v) is 2.39. The van der Waals surface area contributed by atoms with Crippen molar-refractivity contribution in [1.29, 1.82) is 0 Å². The molecule has 0 saturated carbocycles. The lowest BCUT2D eigenvalue weighted by molar-refractivity contribution is 0.354. The van der Waals surface area contributed by atoms with Gasteiger partial charge in [-0.25, -0.2) is 8.42 Å². The second-order valence-electron chi connectivity index (χ2n) is 4.24. The summed E-state index contributed by atoms with van der Waals surface area (Å²) in [6.45, 7) is 1.98. The van der Waals surface area contributed by atoms with Crippen molar-refractivity contribution in [2.45, 2.75) is 18.6 Å². The summed E-state index contributed by atoms with van der Waals surface area (Å²) in [6.07, 6.45) is 2.98. The molecule has 1 aromatic heterocycles. The van der Waals surface area contributed by atoms with Crippen LogP contribution in [0.1, 0.15) is 18.1 Å². The molecule has 0 spiro atoms. The molecule has 1 aliphatic rings. The second kappa shape index (κ2) is 4.50. The highest BCUT2D eigenvalue weighted by molar-refractivity contribution is 7.89. The zero-order chi connectivity index (χ0) is 11.6. The van der Waals surface area contributed by atoms with Crippen molar-refractivity contribution in [3.63, 3.8) is 0 Å². The van der Waals surface area contributed by atoms with Crippen LogP contribution in [0.3, 0.4) is 0 Å². The fourth-order valence-electron chi connectivity index (χ4n) is 1.80. The maximum atomic E-state index is 11.0. The molecule has 7 heteroatoms. The Kier molecular flexibility index (Phi) is 3.25. The van der Waals surface area contributed by atoms with Gasteiger partial charge >= 0.3 is 0 Å². The van der Waals surface area contributed by atoms with Crippen molar-refractivity contribution in [2.24, 2.45) is 5.92 Å². The molecule has 1 fully saturated rings. The molecule has 1 aliphatic heterocycles. The summed E-state index contributed by atoms with van der Waals surface area (Å²) in [5.74, 6) is 1.15. The third kappa shape index (κ3) is 3.28. The third-order valence-electron chi connectivity index (χ3n) is 2.53. The SMILES string of the molecule is CS(=O)(=O)Cc1noc(CC2CCNC2)n1. The van der Waals surface area contributed by atoms with Crippen molar-refractivity contribution in [3.8, 4) is 0 Å².